The van der Waals surface area contributed by atoms with E-state index in [1.54, 1.807) is 0 Å². The number of aromatic nitrogens is 1. The zero-order valence-electron chi connectivity index (χ0n) is 11.5. The predicted molar refractivity (Wildman–Crippen MR) is 84.6 cm³/mol. The second-order valence-electron chi connectivity index (χ2n) is 5.57. The summed E-state index contributed by atoms with van der Waals surface area (Å²) in [6.07, 6.45) is 3.99. The molecule has 0 aliphatic carbocycles. The number of benzene rings is 1. The maximum absolute atomic E-state index is 3.73. The van der Waals surface area contributed by atoms with Crippen LogP contribution in [-0.4, -0.2) is 17.7 Å². The molecule has 1 fully saturated rings. The van der Waals surface area contributed by atoms with Crippen LogP contribution in [0.2, 0.25) is 0 Å². The zero-order chi connectivity index (χ0) is 13.2. The molecule has 0 spiro atoms. The van der Waals surface area contributed by atoms with Gasteiger partial charge in [-0.15, -0.1) is 0 Å². The number of aryl methyl sites for hydroxylation is 1. The SMILES string of the molecule is Cc1c(Br)c2ccccc2n1CCC1CCCNC1. The van der Waals surface area contributed by atoms with Gasteiger partial charge in [0.1, 0.15) is 0 Å². The molecule has 1 aliphatic heterocycles. The minimum absolute atomic E-state index is 0.841. The van der Waals surface area contributed by atoms with Gasteiger partial charge in [0.25, 0.3) is 0 Å². The number of fused-ring (bicyclic) bond motifs is 1. The quantitative estimate of drug-likeness (QED) is 0.900. The van der Waals surface area contributed by atoms with Crippen LogP contribution in [0.3, 0.4) is 0 Å². The van der Waals surface area contributed by atoms with E-state index in [-0.39, 0.29) is 0 Å². The molecule has 1 atom stereocenters. The van der Waals surface area contributed by atoms with Gasteiger partial charge >= 0.3 is 0 Å². The minimum atomic E-state index is 0.841. The fraction of sp³-hybridized carbons (Fsp3) is 0.500. The lowest BCUT2D eigenvalue weighted by Gasteiger charge is -2.23. The van der Waals surface area contributed by atoms with Crippen molar-refractivity contribution in [1.82, 2.24) is 9.88 Å². The van der Waals surface area contributed by atoms with Gasteiger partial charge in [0, 0.05) is 27.6 Å². The molecule has 1 saturated heterocycles. The van der Waals surface area contributed by atoms with Gasteiger partial charge < -0.3 is 9.88 Å². The Hall–Kier alpha value is -0.800. The number of nitrogens with one attached hydrogen (secondary N) is 1. The molecule has 1 aliphatic rings. The Morgan fingerprint density at radius 3 is 3.00 bits per heavy atom. The molecule has 2 aromatic rings. The van der Waals surface area contributed by atoms with Crippen LogP contribution in [0.4, 0.5) is 0 Å². The first kappa shape index (κ1) is 13.2. The number of nitrogens with zero attached hydrogens (tertiary/aromatic N) is 1. The van der Waals surface area contributed by atoms with E-state index in [9.17, 15) is 0 Å². The first-order valence-electron chi connectivity index (χ1n) is 7.21. The van der Waals surface area contributed by atoms with Gasteiger partial charge in [-0.1, -0.05) is 18.2 Å². The second kappa shape index (κ2) is 5.68. The Balaban J connectivity index is 1.82. The van der Waals surface area contributed by atoms with E-state index in [2.05, 4.69) is 57.0 Å². The minimum Gasteiger partial charge on any atom is -0.344 e. The maximum Gasteiger partial charge on any atom is 0.0494 e. The number of piperidine rings is 1. The lowest BCUT2D eigenvalue weighted by atomic mass is 9.96. The van der Waals surface area contributed by atoms with Gasteiger partial charge in [-0.3, -0.25) is 0 Å². The van der Waals surface area contributed by atoms with E-state index in [1.165, 1.54) is 53.4 Å². The summed E-state index contributed by atoms with van der Waals surface area (Å²) in [5.74, 6) is 0.841. The van der Waals surface area contributed by atoms with Crippen LogP contribution in [0.15, 0.2) is 28.7 Å². The van der Waals surface area contributed by atoms with Crippen molar-refractivity contribution in [3.63, 3.8) is 0 Å². The molecule has 1 unspecified atom stereocenters. The molecule has 19 heavy (non-hydrogen) atoms. The van der Waals surface area contributed by atoms with Gasteiger partial charge in [0.05, 0.1) is 0 Å². The van der Waals surface area contributed by atoms with E-state index in [0.29, 0.717) is 0 Å². The van der Waals surface area contributed by atoms with Crippen molar-refractivity contribution in [3.8, 4) is 0 Å². The first-order chi connectivity index (χ1) is 9.27. The summed E-state index contributed by atoms with van der Waals surface area (Å²) in [5, 5.41) is 4.84. The zero-order valence-corrected chi connectivity index (χ0v) is 13.0. The number of halogens is 1. The molecule has 0 amide bonds. The lowest BCUT2D eigenvalue weighted by Crippen LogP contribution is -2.30. The fourth-order valence-corrected chi connectivity index (χ4v) is 3.71. The first-order valence-corrected chi connectivity index (χ1v) is 8.00. The summed E-state index contributed by atoms with van der Waals surface area (Å²) in [5.41, 5.74) is 2.71. The van der Waals surface area contributed by atoms with Gasteiger partial charge in [0.15, 0.2) is 0 Å². The summed E-state index contributed by atoms with van der Waals surface area (Å²) >= 11 is 3.73. The molecule has 0 saturated carbocycles. The molecule has 102 valence electrons. The van der Waals surface area contributed by atoms with Crippen LogP contribution < -0.4 is 5.32 Å². The highest BCUT2D eigenvalue weighted by Crippen LogP contribution is 2.31. The monoisotopic (exact) mass is 320 g/mol. The van der Waals surface area contributed by atoms with Crippen LogP contribution in [0.1, 0.15) is 25.0 Å². The van der Waals surface area contributed by atoms with Crippen LogP contribution in [-0.2, 0) is 6.54 Å². The molecular weight excluding hydrogens is 300 g/mol. The van der Waals surface area contributed by atoms with Gasteiger partial charge in [-0.05, 0) is 67.2 Å². The number of hydrogen-bond acceptors (Lipinski definition) is 1. The fourth-order valence-electron chi connectivity index (χ4n) is 3.16. The molecule has 0 bridgehead atoms. The third kappa shape index (κ3) is 2.59. The molecule has 2 nitrogen and oxygen atoms in total. The second-order valence-corrected chi connectivity index (χ2v) is 6.36. The highest BCUT2D eigenvalue weighted by molar-refractivity contribution is 9.10. The Bertz CT molecular complexity index is 567. The Morgan fingerprint density at radius 1 is 1.37 bits per heavy atom. The Labute approximate surface area is 123 Å². The number of rotatable bonds is 3. The maximum atomic E-state index is 3.73. The number of hydrogen-bond donors (Lipinski definition) is 1. The summed E-state index contributed by atoms with van der Waals surface area (Å²) < 4.78 is 3.72. The largest absolute Gasteiger partial charge is 0.344 e. The van der Waals surface area contributed by atoms with Crippen molar-refractivity contribution in [2.45, 2.75) is 32.7 Å². The van der Waals surface area contributed by atoms with Crippen molar-refractivity contribution in [2.24, 2.45) is 5.92 Å². The van der Waals surface area contributed by atoms with Crippen LogP contribution >= 0.6 is 15.9 Å². The van der Waals surface area contributed by atoms with E-state index in [1.807, 2.05) is 0 Å². The molecule has 1 aromatic carbocycles. The molecular formula is C16H21BrN2. The van der Waals surface area contributed by atoms with Crippen LogP contribution in [0, 0.1) is 12.8 Å². The van der Waals surface area contributed by atoms with E-state index in [4.69, 9.17) is 0 Å². The van der Waals surface area contributed by atoms with Crippen molar-refractivity contribution in [2.75, 3.05) is 13.1 Å². The average Bonchev–Trinajstić information content (AvgIpc) is 2.71. The average molecular weight is 321 g/mol. The summed E-state index contributed by atoms with van der Waals surface area (Å²) in [7, 11) is 0. The molecule has 0 radical (unpaired) electrons. The summed E-state index contributed by atoms with van der Waals surface area (Å²) in [4.78, 5) is 0. The third-order valence-corrected chi connectivity index (χ3v) is 5.31. The highest BCUT2D eigenvalue weighted by Gasteiger charge is 2.15. The Morgan fingerprint density at radius 2 is 2.21 bits per heavy atom. The smallest absolute Gasteiger partial charge is 0.0494 e. The lowest BCUT2D eigenvalue weighted by molar-refractivity contribution is 0.342. The van der Waals surface area contributed by atoms with Crippen molar-refractivity contribution < 1.29 is 0 Å². The predicted octanol–water partition coefficient (Wildman–Crippen LogP) is 4.10. The van der Waals surface area contributed by atoms with Crippen LogP contribution in [0.5, 0.6) is 0 Å². The number of para-hydroxylation sites is 1. The third-order valence-electron chi connectivity index (χ3n) is 4.31. The van der Waals surface area contributed by atoms with E-state index >= 15 is 0 Å². The van der Waals surface area contributed by atoms with Crippen molar-refractivity contribution >= 4 is 26.8 Å². The van der Waals surface area contributed by atoms with Crippen LogP contribution in [0.25, 0.3) is 10.9 Å². The molecule has 1 N–H and O–H groups in total. The molecule has 3 heteroatoms. The summed E-state index contributed by atoms with van der Waals surface area (Å²) in [6, 6.07) is 8.67. The van der Waals surface area contributed by atoms with E-state index in [0.717, 1.165) is 12.5 Å². The van der Waals surface area contributed by atoms with Crippen molar-refractivity contribution in [3.05, 3.63) is 34.4 Å². The molecule has 1 aromatic heterocycles. The van der Waals surface area contributed by atoms with Gasteiger partial charge in [-0.25, -0.2) is 0 Å². The van der Waals surface area contributed by atoms with Gasteiger partial charge in [0.2, 0.25) is 0 Å². The highest BCUT2D eigenvalue weighted by atomic mass is 79.9. The Kier molecular flexibility index (Phi) is 3.94. The van der Waals surface area contributed by atoms with Gasteiger partial charge in [-0.2, -0.15) is 0 Å². The summed E-state index contributed by atoms with van der Waals surface area (Å²) in [6.45, 7) is 5.74. The topological polar surface area (TPSA) is 17.0 Å². The molecule has 2 heterocycles. The van der Waals surface area contributed by atoms with Crippen molar-refractivity contribution in [1.29, 1.82) is 0 Å². The molecule has 3 rings (SSSR count). The standard InChI is InChI=1S/C16H21BrN2/c1-12-16(17)14-6-2-3-7-15(14)19(12)10-8-13-5-4-9-18-11-13/h2-3,6-7,13,18H,4-5,8-11H2,1H3. The van der Waals surface area contributed by atoms with E-state index < -0.39 is 0 Å². The normalized spacial score (nSPS) is 20.0.